The van der Waals surface area contributed by atoms with E-state index in [9.17, 15) is 9.18 Å². The molecule has 0 saturated carbocycles. The number of halogens is 1. The van der Waals surface area contributed by atoms with E-state index in [1.807, 2.05) is 6.07 Å². The Balaban J connectivity index is 1.79. The molecule has 1 atom stereocenters. The van der Waals surface area contributed by atoms with Crippen LogP contribution >= 0.6 is 0 Å². The highest BCUT2D eigenvalue weighted by Gasteiger charge is 2.11. The average Bonchev–Trinajstić information content (AvgIpc) is 2.76. The van der Waals surface area contributed by atoms with Crippen LogP contribution in [0.5, 0.6) is 5.75 Å². The lowest BCUT2D eigenvalue weighted by Gasteiger charge is -2.18. The van der Waals surface area contributed by atoms with E-state index in [4.69, 9.17) is 9.84 Å². The van der Waals surface area contributed by atoms with E-state index in [1.165, 1.54) is 42.0 Å². The number of hydrogen-bond donors (Lipinski definition) is 2. The van der Waals surface area contributed by atoms with E-state index in [-0.39, 0.29) is 18.0 Å². The minimum atomic E-state index is -0.849. The number of carboxylic acids is 1. The van der Waals surface area contributed by atoms with Gasteiger partial charge in [0.2, 0.25) is 0 Å². The molecule has 0 fully saturated rings. The van der Waals surface area contributed by atoms with E-state index < -0.39 is 5.97 Å². The fourth-order valence-corrected chi connectivity index (χ4v) is 3.86. The van der Waals surface area contributed by atoms with Crippen LogP contribution in [0.4, 0.5) is 4.39 Å². The van der Waals surface area contributed by atoms with Crippen LogP contribution in [0.1, 0.15) is 67.7 Å². The van der Waals surface area contributed by atoms with Gasteiger partial charge < -0.3 is 15.2 Å². The molecule has 0 spiro atoms. The molecule has 0 saturated heterocycles. The predicted molar refractivity (Wildman–Crippen MR) is 128 cm³/mol. The first-order chi connectivity index (χ1) is 15.4. The molecular formula is C27H38FNO3. The van der Waals surface area contributed by atoms with Gasteiger partial charge in [-0.05, 0) is 73.4 Å². The van der Waals surface area contributed by atoms with Crippen molar-refractivity contribution in [3.8, 4) is 5.75 Å². The van der Waals surface area contributed by atoms with Crippen LogP contribution in [-0.2, 0) is 17.8 Å². The molecule has 0 aliphatic rings. The molecule has 0 aliphatic heterocycles. The molecule has 5 heteroatoms. The second-order valence-electron chi connectivity index (χ2n) is 8.71. The van der Waals surface area contributed by atoms with Gasteiger partial charge in [-0.15, -0.1) is 0 Å². The molecule has 4 nitrogen and oxygen atoms in total. The van der Waals surface area contributed by atoms with Gasteiger partial charge in [-0.3, -0.25) is 4.79 Å². The number of hydrogen-bond acceptors (Lipinski definition) is 3. The molecule has 2 aromatic carbocycles. The first-order valence-electron chi connectivity index (χ1n) is 11.8. The van der Waals surface area contributed by atoms with E-state index >= 15 is 0 Å². The SMILES string of the molecule is CCCCC(CCCOc1ccc(CNCCC(=O)O)cc1F)Cc1ccc(C)c(C)c1. The average molecular weight is 444 g/mol. The second-order valence-corrected chi connectivity index (χ2v) is 8.71. The second kappa shape index (κ2) is 13.9. The quantitative estimate of drug-likeness (QED) is 0.321. The summed E-state index contributed by atoms with van der Waals surface area (Å²) in [7, 11) is 0. The summed E-state index contributed by atoms with van der Waals surface area (Å²) < 4.78 is 20.1. The monoisotopic (exact) mass is 443 g/mol. The number of ether oxygens (including phenoxy) is 1. The number of unbranched alkanes of at least 4 members (excludes halogenated alkanes) is 1. The number of carbonyl (C=O) groups is 1. The standard InChI is InChI=1S/C27H38FNO3/c1-4-5-7-22(17-23-10-9-20(2)21(3)16-23)8-6-15-32-26-12-11-24(18-25(26)28)19-29-14-13-27(30)31/h9-12,16,18,22,29H,4-8,13-15,17,19H2,1-3H3,(H,30,31). The smallest absolute Gasteiger partial charge is 0.304 e. The molecule has 0 radical (unpaired) electrons. The van der Waals surface area contributed by atoms with Crippen LogP contribution in [0.3, 0.4) is 0 Å². The number of benzene rings is 2. The summed E-state index contributed by atoms with van der Waals surface area (Å²) in [6, 6.07) is 11.7. The van der Waals surface area contributed by atoms with Gasteiger partial charge in [-0.2, -0.15) is 0 Å². The summed E-state index contributed by atoms with van der Waals surface area (Å²) in [5, 5.41) is 11.6. The lowest BCUT2D eigenvalue weighted by atomic mass is 9.89. The van der Waals surface area contributed by atoms with Crippen LogP contribution in [0.15, 0.2) is 36.4 Å². The van der Waals surface area contributed by atoms with E-state index in [0.717, 1.165) is 24.8 Å². The van der Waals surface area contributed by atoms with Crippen molar-refractivity contribution in [1.82, 2.24) is 5.32 Å². The fraction of sp³-hybridized carbons (Fsp3) is 0.519. The molecule has 1 unspecified atom stereocenters. The zero-order valence-electron chi connectivity index (χ0n) is 19.8. The summed E-state index contributed by atoms with van der Waals surface area (Å²) in [6.45, 7) is 7.83. The first kappa shape index (κ1) is 25.9. The van der Waals surface area contributed by atoms with E-state index in [0.29, 0.717) is 25.6 Å². The minimum Gasteiger partial charge on any atom is -0.491 e. The summed E-state index contributed by atoms with van der Waals surface area (Å²) in [5.74, 6) is -0.332. The maximum absolute atomic E-state index is 14.4. The Bertz CT molecular complexity index is 853. The molecule has 32 heavy (non-hydrogen) atoms. The Kier molecular flexibility index (Phi) is 11.2. The highest BCUT2D eigenvalue weighted by molar-refractivity contribution is 5.66. The van der Waals surface area contributed by atoms with E-state index in [2.05, 4.69) is 44.3 Å². The van der Waals surface area contributed by atoms with Gasteiger partial charge in [-0.25, -0.2) is 4.39 Å². The molecule has 0 amide bonds. The van der Waals surface area contributed by atoms with Gasteiger partial charge in [0.15, 0.2) is 11.6 Å². The molecule has 0 heterocycles. The largest absolute Gasteiger partial charge is 0.491 e. The van der Waals surface area contributed by atoms with Crippen molar-refractivity contribution in [2.75, 3.05) is 13.2 Å². The first-order valence-corrected chi connectivity index (χ1v) is 11.8. The van der Waals surface area contributed by atoms with Crippen molar-refractivity contribution in [3.63, 3.8) is 0 Å². The topological polar surface area (TPSA) is 58.6 Å². The van der Waals surface area contributed by atoms with Crippen LogP contribution in [0.25, 0.3) is 0 Å². The maximum Gasteiger partial charge on any atom is 0.304 e. The van der Waals surface area contributed by atoms with Crippen molar-refractivity contribution < 1.29 is 19.0 Å². The summed E-state index contributed by atoms with van der Waals surface area (Å²) in [4.78, 5) is 10.5. The minimum absolute atomic E-state index is 0.0481. The van der Waals surface area contributed by atoms with Crippen LogP contribution in [0.2, 0.25) is 0 Å². The third kappa shape index (κ3) is 9.39. The molecule has 2 rings (SSSR count). The Morgan fingerprint density at radius 1 is 1.06 bits per heavy atom. The molecular weight excluding hydrogens is 405 g/mol. The third-order valence-electron chi connectivity index (χ3n) is 5.92. The molecule has 0 bridgehead atoms. The van der Waals surface area contributed by atoms with Gasteiger partial charge in [0.25, 0.3) is 0 Å². The molecule has 2 aromatic rings. The van der Waals surface area contributed by atoms with Crippen molar-refractivity contribution in [3.05, 3.63) is 64.5 Å². The fourth-order valence-electron chi connectivity index (χ4n) is 3.86. The molecule has 176 valence electrons. The van der Waals surface area contributed by atoms with Crippen LogP contribution < -0.4 is 10.1 Å². The van der Waals surface area contributed by atoms with Crippen molar-refractivity contribution >= 4 is 5.97 Å². The van der Waals surface area contributed by atoms with Crippen LogP contribution in [-0.4, -0.2) is 24.2 Å². The zero-order chi connectivity index (χ0) is 23.3. The molecule has 2 N–H and O–H groups in total. The molecule has 0 aromatic heterocycles. The Hall–Kier alpha value is -2.40. The number of carboxylic acid groups (broad SMARTS) is 1. The Morgan fingerprint density at radius 3 is 2.50 bits per heavy atom. The summed E-state index contributed by atoms with van der Waals surface area (Å²) in [5.41, 5.74) is 4.84. The van der Waals surface area contributed by atoms with Crippen molar-refractivity contribution in [2.45, 2.75) is 72.3 Å². The summed E-state index contributed by atoms with van der Waals surface area (Å²) in [6.07, 6.45) is 6.74. The van der Waals surface area contributed by atoms with Gasteiger partial charge in [0.05, 0.1) is 13.0 Å². The highest BCUT2D eigenvalue weighted by Crippen LogP contribution is 2.23. The highest BCUT2D eigenvalue weighted by atomic mass is 19.1. The lowest BCUT2D eigenvalue weighted by molar-refractivity contribution is -0.136. The van der Waals surface area contributed by atoms with Gasteiger partial charge >= 0.3 is 5.97 Å². The Morgan fingerprint density at radius 2 is 1.81 bits per heavy atom. The summed E-state index contributed by atoms with van der Waals surface area (Å²) >= 11 is 0. The van der Waals surface area contributed by atoms with Gasteiger partial charge in [-0.1, -0.05) is 50.5 Å². The normalized spacial score (nSPS) is 12.0. The lowest BCUT2D eigenvalue weighted by Crippen LogP contribution is -2.17. The number of aliphatic carboxylic acids is 1. The van der Waals surface area contributed by atoms with Crippen molar-refractivity contribution in [1.29, 1.82) is 0 Å². The van der Waals surface area contributed by atoms with Gasteiger partial charge in [0.1, 0.15) is 0 Å². The third-order valence-corrected chi connectivity index (χ3v) is 5.92. The van der Waals surface area contributed by atoms with Crippen molar-refractivity contribution in [2.24, 2.45) is 5.92 Å². The zero-order valence-corrected chi connectivity index (χ0v) is 19.8. The maximum atomic E-state index is 14.4. The Labute approximate surface area is 192 Å². The number of nitrogens with one attached hydrogen (secondary N) is 1. The van der Waals surface area contributed by atoms with Crippen LogP contribution in [0, 0.1) is 25.6 Å². The number of rotatable bonds is 15. The predicted octanol–water partition coefficient (Wildman–Crippen LogP) is 6.21. The number of aryl methyl sites for hydroxylation is 2. The van der Waals surface area contributed by atoms with E-state index in [1.54, 1.807) is 6.07 Å². The molecule has 0 aliphatic carbocycles. The van der Waals surface area contributed by atoms with Gasteiger partial charge in [0, 0.05) is 13.1 Å².